The van der Waals surface area contributed by atoms with E-state index in [2.05, 4.69) is 12.2 Å². The summed E-state index contributed by atoms with van der Waals surface area (Å²) in [6, 6.07) is 6.11. The highest BCUT2D eigenvalue weighted by Gasteiger charge is 2.03. The van der Waals surface area contributed by atoms with Crippen LogP contribution in [-0.2, 0) is 11.3 Å². The summed E-state index contributed by atoms with van der Waals surface area (Å²) in [5.41, 5.74) is 1.14. The average Bonchev–Trinajstić information content (AvgIpc) is 2.28. The molecule has 0 spiro atoms. The molecule has 0 heterocycles. The molecule has 1 atom stereocenters. The summed E-state index contributed by atoms with van der Waals surface area (Å²) in [4.78, 5) is 0. The summed E-state index contributed by atoms with van der Waals surface area (Å²) in [6.45, 7) is 3.70. The van der Waals surface area contributed by atoms with Gasteiger partial charge in [-0.15, -0.1) is 0 Å². The summed E-state index contributed by atoms with van der Waals surface area (Å²) < 4.78 is 5.02. The first-order valence-electron chi connectivity index (χ1n) is 5.29. The number of hydrogen-bond acceptors (Lipinski definition) is 2. The Bertz CT molecular complexity index is 331. The lowest BCUT2D eigenvalue weighted by atomic mass is 10.2. The van der Waals surface area contributed by atoms with Crippen molar-refractivity contribution in [3.05, 3.63) is 33.8 Å². The molecule has 2 nitrogen and oxygen atoms in total. The van der Waals surface area contributed by atoms with Crippen LogP contribution < -0.4 is 5.32 Å². The van der Waals surface area contributed by atoms with Crippen LogP contribution in [0.5, 0.6) is 0 Å². The molecule has 0 aliphatic carbocycles. The highest BCUT2D eigenvalue weighted by atomic mass is 35.5. The first-order chi connectivity index (χ1) is 7.63. The fraction of sp³-hybridized carbons (Fsp3) is 0.500. The van der Waals surface area contributed by atoms with Gasteiger partial charge in [0, 0.05) is 26.3 Å². The molecule has 1 aromatic carbocycles. The number of halogens is 2. The van der Waals surface area contributed by atoms with Gasteiger partial charge in [0.2, 0.25) is 0 Å². The molecular formula is C12H17Cl2NO. The van der Waals surface area contributed by atoms with E-state index >= 15 is 0 Å². The topological polar surface area (TPSA) is 21.3 Å². The van der Waals surface area contributed by atoms with E-state index in [1.54, 1.807) is 7.11 Å². The molecule has 0 radical (unpaired) electrons. The third kappa shape index (κ3) is 4.71. The molecule has 0 bridgehead atoms. The number of nitrogens with one attached hydrogen (secondary N) is 1. The number of methoxy groups -OCH3 is 1. The van der Waals surface area contributed by atoms with Crippen LogP contribution in [0.2, 0.25) is 10.0 Å². The normalized spacial score (nSPS) is 12.8. The molecule has 0 saturated heterocycles. The zero-order valence-electron chi connectivity index (χ0n) is 9.59. The molecule has 1 N–H and O–H groups in total. The van der Waals surface area contributed by atoms with Gasteiger partial charge in [0.05, 0.1) is 10.0 Å². The van der Waals surface area contributed by atoms with Crippen LogP contribution in [0.4, 0.5) is 0 Å². The molecule has 0 saturated carbocycles. The molecule has 0 amide bonds. The van der Waals surface area contributed by atoms with Crippen LogP contribution in [-0.4, -0.2) is 19.8 Å². The van der Waals surface area contributed by atoms with Gasteiger partial charge in [-0.1, -0.05) is 29.3 Å². The maximum absolute atomic E-state index is 5.93. The minimum atomic E-state index is 0.425. The second-order valence-electron chi connectivity index (χ2n) is 3.81. The van der Waals surface area contributed by atoms with Crippen LogP contribution in [0.3, 0.4) is 0 Å². The Morgan fingerprint density at radius 1 is 1.31 bits per heavy atom. The van der Waals surface area contributed by atoms with Gasteiger partial charge in [0.25, 0.3) is 0 Å². The number of benzene rings is 1. The molecule has 16 heavy (non-hydrogen) atoms. The van der Waals surface area contributed by atoms with Crippen molar-refractivity contribution in [2.45, 2.75) is 25.9 Å². The van der Waals surface area contributed by atoms with E-state index in [1.807, 2.05) is 18.2 Å². The molecule has 0 aliphatic rings. The van der Waals surface area contributed by atoms with Crippen LogP contribution >= 0.6 is 23.2 Å². The second-order valence-corrected chi connectivity index (χ2v) is 4.63. The Kier molecular flexibility index (Phi) is 6.14. The Hall–Kier alpha value is -0.280. The largest absolute Gasteiger partial charge is 0.385 e. The fourth-order valence-corrected chi connectivity index (χ4v) is 1.66. The zero-order valence-corrected chi connectivity index (χ0v) is 11.1. The van der Waals surface area contributed by atoms with Crippen molar-refractivity contribution in [2.24, 2.45) is 0 Å². The molecule has 1 unspecified atom stereocenters. The van der Waals surface area contributed by atoms with Gasteiger partial charge in [-0.3, -0.25) is 0 Å². The van der Waals surface area contributed by atoms with E-state index in [0.717, 1.165) is 25.1 Å². The maximum atomic E-state index is 5.93. The minimum Gasteiger partial charge on any atom is -0.385 e. The third-order valence-electron chi connectivity index (χ3n) is 2.39. The van der Waals surface area contributed by atoms with Gasteiger partial charge in [-0.25, -0.2) is 0 Å². The zero-order chi connectivity index (χ0) is 12.0. The SMILES string of the molecule is COCCC(C)NCc1ccc(Cl)c(Cl)c1. The monoisotopic (exact) mass is 261 g/mol. The van der Waals surface area contributed by atoms with Gasteiger partial charge >= 0.3 is 0 Å². The van der Waals surface area contributed by atoms with Crippen molar-refractivity contribution in [1.82, 2.24) is 5.32 Å². The van der Waals surface area contributed by atoms with Crippen molar-refractivity contribution in [3.8, 4) is 0 Å². The van der Waals surface area contributed by atoms with Crippen molar-refractivity contribution in [2.75, 3.05) is 13.7 Å². The Morgan fingerprint density at radius 2 is 2.06 bits per heavy atom. The Balaban J connectivity index is 2.39. The molecule has 1 rings (SSSR count). The van der Waals surface area contributed by atoms with Gasteiger partial charge in [0.15, 0.2) is 0 Å². The maximum Gasteiger partial charge on any atom is 0.0595 e. The van der Waals surface area contributed by atoms with Gasteiger partial charge in [0.1, 0.15) is 0 Å². The van der Waals surface area contributed by atoms with Gasteiger partial charge in [-0.05, 0) is 31.0 Å². The molecular weight excluding hydrogens is 245 g/mol. The molecule has 4 heteroatoms. The predicted octanol–water partition coefficient (Wildman–Crippen LogP) is 3.51. The minimum absolute atomic E-state index is 0.425. The Labute approximate surface area is 107 Å². The van der Waals surface area contributed by atoms with Gasteiger partial charge in [-0.2, -0.15) is 0 Å². The lowest BCUT2D eigenvalue weighted by molar-refractivity contribution is 0.184. The summed E-state index contributed by atoms with van der Waals surface area (Å²) in [6.07, 6.45) is 0.998. The number of ether oxygens (including phenoxy) is 1. The standard InChI is InChI=1S/C12H17Cl2NO/c1-9(5-6-16-2)15-8-10-3-4-11(13)12(14)7-10/h3-4,7,9,15H,5-6,8H2,1-2H3. The molecule has 0 aliphatic heterocycles. The van der Waals surface area contributed by atoms with E-state index in [1.165, 1.54) is 0 Å². The summed E-state index contributed by atoms with van der Waals surface area (Å²) >= 11 is 11.8. The van der Waals surface area contributed by atoms with Crippen LogP contribution in [0.25, 0.3) is 0 Å². The molecule has 0 aromatic heterocycles. The van der Waals surface area contributed by atoms with Crippen molar-refractivity contribution in [1.29, 1.82) is 0 Å². The van der Waals surface area contributed by atoms with Crippen LogP contribution in [0.1, 0.15) is 18.9 Å². The van der Waals surface area contributed by atoms with Crippen LogP contribution in [0.15, 0.2) is 18.2 Å². The Morgan fingerprint density at radius 3 is 2.69 bits per heavy atom. The summed E-state index contributed by atoms with van der Waals surface area (Å²) in [5, 5.41) is 4.60. The molecule has 0 fully saturated rings. The number of hydrogen-bond donors (Lipinski definition) is 1. The first kappa shape index (κ1) is 13.8. The highest BCUT2D eigenvalue weighted by molar-refractivity contribution is 6.42. The smallest absolute Gasteiger partial charge is 0.0595 e. The summed E-state index contributed by atoms with van der Waals surface area (Å²) in [5.74, 6) is 0. The van der Waals surface area contributed by atoms with Crippen molar-refractivity contribution in [3.63, 3.8) is 0 Å². The van der Waals surface area contributed by atoms with E-state index in [4.69, 9.17) is 27.9 Å². The van der Waals surface area contributed by atoms with E-state index < -0.39 is 0 Å². The lowest BCUT2D eigenvalue weighted by Gasteiger charge is -2.13. The van der Waals surface area contributed by atoms with E-state index in [9.17, 15) is 0 Å². The van der Waals surface area contributed by atoms with E-state index in [-0.39, 0.29) is 0 Å². The van der Waals surface area contributed by atoms with Crippen molar-refractivity contribution >= 4 is 23.2 Å². The average molecular weight is 262 g/mol. The number of rotatable bonds is 6. The van der Waals surface area contributed by atoms with Gasteiger partial charge < -0.3 is 10.1 Å². The van der Waals surface area contributed by atoms with Crippen LogP contribution in [0, 0.1) is 0 Å². The highest BCUT2D eigenvalue weighted by Crippen LogP contribution is 2.22. The first-order valence-corrected chi connectivity index (χ1v) is 6.05. The third-order valence-corrected chi connectivity index (χ3v) is 3.13. The van der Waals surface area contributed by atoms with Crippen molar-refractivity contribution < 1.29 is 4.74 Å². The molecule has 90 valence electrons. The second kappa shape index (κ2) is 7.13. The summed E-state index contributed by atoms with van der Waals surface area (Å²) in [7, 11) is 1.71. The molecule has 1 aromatic rings. The quantitative estimate of drug-likeness (QED) is 0.847. The predicted molar refractivity (Wildman–Crippen MR) is 69.3 cm³/mol. The van der Waals surface area contributed by atoms with E-state index in [0.29, 0.717) is 16.1 Å². The fourth-order valence-electron chi connectivity index (χ4n) is 1.34. The lowest BCUT2D eigenvalue weighted by Crippen LogP contribution is -2.26.